The number of carboxylic acids is 1. The van der Waals surface area contributed by atoms with Crippen molar-refractivity contribution in [1.29, 1.82) is 0 Å². The highest BCUT2D eigenvalue weighted by Gasteiger charge is 2.30. The molecule has 5 N–H and O–H groups in total. The Balaban J connectivity index is 3.00. The maximum absolute atomic E-state index is 12.9. The van der Waals surface area contributed by atoms with Crippen LogP contribution in [0.1, 0.15) is 40.2 Å². The number of nitrogens with one attached hydrogen (secondary N) is 3. The molecule has 0 spiro atoms. The lowest BCUT2D eigenvalue weighted by molar-refractivity contribution is -0.138. The van der Waals surface area contributed by atoms with Crippen molar-refractivity contribution in [2.45, 2.75) is 58.7 Å². The highest BCUT2D eigenvalue weighted by molar-refractivity contribution is 5.92. The Morgan fingerprint density at radius 2 is 1.58 bits per heavy atom. The Bertz CT molecular complexity index is 785. The van der Waals surface area contributed by atoms with E-state index in [0.29, 0.717) is 5.56 Å². The number of carboxylic acid groups (broad SMARTS) is 1. The van der Waals surface area contributed by atoms with Gasteiger partial charge in [-0.25, -0.2) is 4.79 Å². The SMILES string of the molecule is CC(C)C(NC(=O)[C@H](Cc1ccc(O)cc1)NC(=O)OC(C)(C)C)C(=O)NCC(=O)O. The number of benzene rings is 1. The molecule has 0 bridgehead atoms. The molecular weight excluding hydrogens is 406 g/mol. The van der Waals surface area contributed by atoms with E-state index in [9.17, 15) is 24.3 Å². The number of aromatic hydroxyl groups is 1. The van der Waals surface area contributed by atoms with Gasteiger partial charge in [0.25, 0.3) is 0 Å². The van der Waals surface area contributed by atoms with Crippen molar-refractivity contribution in [3.63, 3.8) is 0 Å². The molecule has 0 aliphatic heterocycles. The molecule has 0 aromatic heterocycles. The minimum atomic E-state index is -1.21. The molecule has 0 radical (unpaired) electrons. The summed E-state index contributed by atoms with van der Waals surface area (Å²) in [5, 5.41) is 25.5. The summed E-state index contributed by atoms with van der Waals surface area (Å²) in [6, 6.07) is 4.03. The number of carbonyl (C=O) groups excluding carboxylic acids is 3. The van der Waals surface area contributed by atoms with E-state index < -0.39 is 48.1 Å². The Morgan fingerprint density at radius 3 is 2.06 bits per heavy atom. The van der Waals surface area contributed by atoms with Gasteiger partial charge in [0.2, 0.25) is 11.8 Å². The topological polar surface area (TPSA) is 154 Å². The third-order valence-electron chi connectivity index (χ3n) is 4.04. The summed E-state index contributed by atoms with van der Waals surface area (Å²) in [7, 11) is 0. The first-order chi connectivity index (χ1) is 14.3. The first-order valence-electron chi connectivity index (χ1n) is 9.85. The predicted octanol–water partition coefficient (Wildman–Crippen LogP) is 1.17. The summed E-state index contributed by atoms with van der Waals surface area (Å²) in [4.78, 5) is 48.2. The average Bonchev–Trinajstić information content (AvgIpc) is 2.63. The molecule has 172 valence electrons. The summed E-state index contributed by atoms with van der Waals surface area (Å²) in [5.41, 5.74) is -0.119. The van der Waals surface area contributed by atoms with E-state index in [0.717, 1.165) is 0 Å². The Kier molecular flexibility index (Phi) is 9.29. The lowest BCUT2D eigenvalue weighted by Gasteiger charge is -2.26. The van der Waals surface area contributed by atoms with Crippen LogP contribution in [-0.2, 0) is 25.5 Å². The number of ether oxygens (including phenoxy) is 1. The van der Waals surface area contributed by atoms with Crippen LogP contribution in [0.25, 0.3) is 0 Å². The fourth-order valence-electron chi connectivity index (χ4n) is 2.59. The van der Waals surface area contributed by atoms with E-state index in [1.807, 2.05) is 0 Å². The van der Waals surface area contributed by atoms with Crippen LogP contribution in [0.2, 0.25) is 0 Å². The number of carbonyl (C=O) groups is 4. The molecule has 0 fully saturated rings. The van der Waals surface area contributed by atoms with Crippen molar-refractivity contribution in [3.8, 4) is 5.75 Å². The van der Waals surface area contributed by atoms with Crippen LogP contribution in [-0.4, -0.2) is 58.3 Å². The fraction of sp³-hybridized carbons (Fsp3) is 0.524. The van der Waals surface area contributed by atoms with Gasteiger partial charge in [0.1, 0.15) is 30.0 Å². The van der Waals surface area contributed by atoms with Crippen molar-refractivity contribution < 1.29 is 34.1 Å². The van der Waals surface area contributed by atoms with Crippen molar-refractivity contribution in [2.24, 2.45) is 5.92 Å². The van der Waals surface area contributed by atoms with Crippen LogP contribution in [0.5, 0.6) is 5.75 Å². The van der Waals surface area contributed by atoms with Gasteiger partial charge in [0.05, 0.1) is 0 Å². The van der Waals surface area contributed by atoms with Gasteiger partial charge in [0, 0.05) is 6.42 Å². The second kappa shape index (κ2) is 11.2. The molecule has 2 atom stereocenters. The summed E-state index contributed by atoms with van der Waals surface area (Å²) in [5.74, 6) is -2.78. The zero-order chi connectivity index (χ0) is 23.8. The predicted molar refractivity (Wildman–Crippen MR) is 112 cm³/mol. The minimum Gasteiger partial charge on any atom is -0.508 e. The zero-order valence-electron chi connectivity index (χ0n) is 18.4. The smallest absolute Gasteiger partial charge is 0.408 e. The number of alkyl carbamates (subject to hydrolysis) is 1. The van der Waals surface area contributed by atoms with Crippen molar-refractivity contribution in [1.82, 2.24) is 16.0 Å². The number of phenolic OH excluding ortho intramolecular Hbond substituents is 1. The molecule has 1 unspecified atom stereocenters. The molecule has 1 rings (SSSR count). The van der Waals surface area contributed by atoms with Gasteiger partial charge in [0.15, 0.2) is 0 Å². The Morgan fingerprint density at radius 1 is 1.00 bits per heavy atom. The van der Waals surface area contributed by atoms with E-state index in [2.05, 4.69) is 16.0 Å². The standard InChI is InChI=1S/C21H31N3O7/c1-12(2)17(19(29)22-11-16(26)27)24-18(28)15(23-20(30)31-21(3,4)5)10-13-6-8-14(25)9-7-13/h6-9,12,15,17,25H,10-11H2,1-5H3,(H,22,29)(H,23,30)(H,24,28)(H,26,27)/t15-,17?/m0/s1. The van der Waals surface area contributed by atoms with Crippen LogP contribution in [0.15, 0.2) is 24.3 Å². The fourth-order valence-corrected chi connectivity index (χ4v) is 2.59. The molecule has 0 heterocycles. The van der Waals surface area contributed by atoms with Gasteiger partial charge in [-0.1, -0.05) is 26.0 Å². The van der Waals surface area contributed by atoms with E-state index in [1.165, 1.54) is 12.1 Å². The van der Waals surface area contributed by atoms with Gasteiger partial charge in [-0.2, -0.15) is 0 Å². The zero-order valence-corrected chi connectivity index (χ0v) is 18.4. The second-order valence-electron chi connectivity index (χ2n) is 8.41. The lowest BCUT2D eigenvalue weighted by Crippen LogP contribution is -2.56. The van der Waals surface area contributed by atoms with E-state index in [4.69, 9.17) is 9.84 Å². The van der Waals surface area contributed by atoms with Crippen LogP contribution in [0.3, 0.4) is 0 Å². The van der Waals surface area contributed by atoms with Crippen LogP contribution in [0.4, 0.5) is 4.79 Å². The average molecular weight is 437 g/mol. The lowest BCUT2D eigenvalue weighted by atomic mass is 10.0. The van der Waals surface area contributed by atoms with E-state index >= 15 is 0 Å². The third kappa shape index (κ3) is 9.83. The molecule has 0 aliphatic carbocycles. The Hall–Kier alpha value is -3.30. The van der Waals surface area contributed by atoms with Crippen molar-refractivity contribution in [3.05, 3.63) is 29.8 Å². The van der Waals surface area contributed by atoms with Gasteiger partial charge in [-0.05, 0) is 44.4 Å². The molecule has 1 aromatic carbocycles. The molecule has 0 aliphatic rings. The number of hydrogen-bond donors (Lipinski definition) is 5. The third-order valence-corrected chi connectivity index (χ3v) is 4.04. The Labute approximate surface area is 181 Å². The summed E-state index contributed by atoms with van der Waals surface area (Å²) >= 11 is 0. The molecule has 1 aromatic rings. The maximum Gasteiger partial charge on any atom is 0.408 e. The van der Waals surface area contributed by atoms with Gasteiger partial charge in [-0.15, -0.1) is 0 Å². The quantitative estimate of drug-likeness (QED) is 0.388. The molecule has 3 amide bonds. The first-order valence-corrected chi connectivity index (χ1v) is 9.85. The van der Waals surface area contributed by atoms with Crippen molar-refractivity contribution >= 4 is 23.9 Å². The van der Waals surface area contributed by atoms with Gasteiger partial charge < -0.3 is 30.9 Å². The van der Waals surface area contributed by atoms with Crippen LogP contribution in [0, 0.1) is 5.92 Å². The normalized spacial score (nSPS) is 13.1. The number of amides is 3. The number of phenols is 1. The number of hydrogen-bond acceptors (Lipinski definition) is 6. The summed E-state index contributed by atoms with van der Waals surface area (Å²) in [6.45, 7) is 7.86. The molecule has 10 heteroatoms. The maximum atomic E-state index is 12.9. The largest absolute Gasteiger partial charge is 0.508 e. The van der Waals surface area contributed by atoms with Crippen molar-refractivity contribution in [2.75, 3.05) is 6.54 Å². The minimum absolute atomic E-state index is 0.0554. The highest BCUT2D eigenvalue weighted by Crippen LogP contribution is 2.13. The highest BCUT2D eigenvalue weighted by atomic mass is 16.6. The molecule has 10 nitrogen and oxygen atoms in total. The molecule has 0 saturated heterocycles. The molecular formula is C21H31N3O7. The van der Waals surface area contributed by atoms with Crippen LogP contribution < -0.4 is 16.0 Å². The summed E-state index contributed by atoms with van der Waals surface area (Å²) < 4.78 is 5.23. The molecule has 31 heavy (non-hydrogen) atoms. The molecule has 0 saturated carbocycles. The monoisotopic (exact) mass is 437 g/mol. The number of aliphatic carboxylic acids is 1. The van der Waals surface area contributed by atoms with E-state index in [-0.39, 0.29) is 18.1 Å². The summed E-state index contributed by atoms with van der Waals surface area (Å²) in [6.07, 6.45) is -0.727. The number of rotatable bonds is 9. The second-order valence-corrected chi connectivity index (χ2v) is 8.41. The van der Waals surface area contributed by atoms with Gasteiger partial charge in [-0.3, -0.25) is 14.4 Å². The van der Waals surface area contributed by atoms with Gasteiger partial charge >= 0.3 is 12.1 Å². The first kappa shape index (κ1) is 25.7. The van der Waals surface area contributed by atoms with Crippen LogP contribution >= 0.6 is 0 Å². The van der Waals surface area contributed by atoms with E-state index in [1.54, 1.807) is 46.8 Å².